The zero-order chi connectivity index (χ0) is 53.0. The van der Waals surface area contributed by atoms with Crippen LogP contribution in [-0.2, 0) is 0 Å². The van der Waals surface area contributed by atoms with Gasteiger partial charge in [-0.05, 0) is 111 Å². The lowest BCUT2D eigenvalue weighted by Crippen LogP contribution is -1.98. The molecule has 0 spiro atoms. The van der Waals surface area contributed by atoms with Crippen molar-refractivity contribution >= 4 is 44.7 Å². The van der Waals surface area contributed by atoms with E-state index in [1.807, 2.05) is 12.1 Å². The maximum Gasteiger partial charge on any atom is 0.118 e. The van der Waals surface area contributed by atoms with E-state index in [1.165, 1.54) is 39.0 Å². The molecule has 0 bridgehead atoms. The molecule has 78 heavy (non-hydrogen) atoms. The van der Waals surface area contributed by atoms with Gasteiger partial charge in [0, 0.05) is 11.1 Å². The molecule has 2 heterocycles. The third-order valence-electron chi connectivity index (χ3n) is 14.5. The van der Waals surface area contributed by atoms with E-state index < -0.39 is 0 Å². The molecule has 0 aliphatic rings. The van der Waals surface area contributed by atoms with E-state index in [4.69, 9.17) is 14.7 Å². The quantitative estimate of drug-likeness (QED) is 0.108. The molecular weight excluding hydrogens is 965 g/mol. The number of hydrogen-bond donors (Lipinski definition) is 0. The van der Waals surface area contributed by atoms with Gasteiger partial charge in [-0.1, -0.05) is 271 Å². The summed E-state index contributed by atoms with van der Waals surface area (Å²) in [7, 11) is 1.71. The number of rotatable bonds is 13. The monoisotopic (exact) mass is 1020 g/mol. The minimum Gasteiger partial charge on any atom is -0.497 e. The van der Waals surface area contributed by atoms with Crippen LogP contribution in [0.3, 0.4) is 0 Å². The molecule has 0 saturated heterocycles. The average molecular weight is 1020 g/mol. The van der Waals surface area contributed by atoms with Crippen LogP contribution in [0.15, 0.2) is 267 Å². The van der Waals surface area contributed by atoms with Gasteiger partial charge >= 0.3 is 0 Å². The standard InChI is InChI=1S/C74H56N2OS/c1-49-25-31-54(32-26-49)67(55-33-27-50(2)28-34-55)65(52-17-9-5-10-18-52)57-37-41-62(42-38-57)73-71-72(76-70(61-23-15-8-16-24-61)69(75-71)60-21-13-7-14-22-60)74(78-73)63-43-39-58(40-44-63)66(53-19-11-6-12-20-53)68(56-35-29-51(3)30-36-56)59-45-47-64(77-4)48-46-59/h5-48H,1-4H3/b68-66-. The lowest BCUT2D eigenvalue weighted by Gasteiger charge is -2.19. The molecule has 0 unspecified atom stereocenters. The first-order valence-electron chi connectivity index (χ1n) is 26.5. The van der Waals surface area contributed by atoms with Crippen molar-refractivity contribution in [2.24, 2.45) is 0 Å². The van der Waals surface area contributed by atoms with Gasteiger partial charge < -0.3 is 4.74 Å². The first kappa shape index (κ1) is 49.4. The highest BCUT2D eigenvalue weighted by molar-refractivity contribution is 7.20. The lowest BCUT2D eigenvalue weighted by molar-refractivity contribution is 0.415. The van der Waals surface area contributed by atoms with Crippen LogP contribution in [0.1, 0.15) is 61.2 Å². The zero-order valence-electron chi connectivity index (χ0n) is 44.1. The summed E-state index contributed by atoms with van der Waals surface area (Å²) in [6.07, 6.45) is 0. The van der Waals surface area contributed by atoms with Crippen LogP contribution in [0.5, 0.6) is 5.75 Å². The van der Waals surface area contributed by atoms with Crippen molar-refractivity contribution in [1.82, 2.24) is 9.97 Å². The molecule has 3 nitrogen and oxygen atoms in total. The fourth-order valence-electron chi connectivity index (χ4n) is 10.5. The smallest absolute Gasteiger partial charge is 0.118 e. The molecular formula is C74H56N2OS. The SMILES string of the molecule is COc1ccc(/C(=C(/c2ccccc2)c2ccc(-c3sc(-c4ccc(C(=C(c5ccc(C)cc5)c5ccc(C)cc5)c5ccccc5)cc4)c4nc(-c5ccccc5)c(-c5ccccc5)nc34)cc2)c2ccc(C)cc2)cc1. The molecule has 4 heteroatoms. The van der Waals surface area contributed by atoms with Gasteiger partial charge in [-0.25, -0.2) is 9.97 Å². The Morgan fingerprint density at radius 3 is 0.833 bits per heavy atom. The number of fused-ring (bicyclic) bond motifs is 1. The summed E-state index contributed by atoms with van der Waals surface area (Å²) < 4.78 is 5.63. The van der Waals surface area contributed by atoms with Gasteiger partial charge in [-0.3, -0.25) is 0 Å². The predicted molar refractivity (Wildman–Crippen MR) is 329 cm³/mol. The Hall–Kier alpha value is -9.48. The first-order valence-corrected chi connectivity index (χ1v) is 27.3. The first-order chi connectivity index (χ1) is 38.4. The molecule has 2 aromatic heterocycles. The van der Waals surface area contributed by atoms with Gasteiger partial charge in [-0.2, -0.15) is 0 Å². The van der Waals surface area contributed by atoms with Crippen LogP contribution in [0.25, 0.3) is 76.7 Å². The van der Waals surface area contributed by atoms with Crippen LogP contribution in [0.2, 0.25) is 0 Å². The van der Waals surface area contributed by atoms with E-state index >= 15 is 0 Å². The summed E-state index contributed by atoms with van der Waals surface area (Å²) in [5.74, 6) is 0.819. The highest BCUT2D eigenvalue weighted by Gasteiger charge is 2.24. The second-order valence-corrected chi connectivity index (χ2v) is 20.8. The topological polar surface area (TPSA) is 35.0 Å². The Labute approximate surface area is 461 Å². The van der Waals surface area contributed by atoms with E-state index in [0.29, 0.717) is 0 Å². The summed E-state index contributed by atoms with van der Waals surface area (Å²) in [5, 5.41) is 0. The van der Waals surface area contributed by atoms with E-state index in [1.54, 1.807) is 18.4 Å². The number of aromatic nitrogens is 2. The number of ether oxygens (including phenoxy) is 1. The molecule has 0 amide bonds. The highest BCUT2D eigenvalue weighted by atomic mass is 32.1. The van der Waals surface area contributed by atoms with Crippen LogP contribution in [0, 0.1) is 20.8 Å². The van der Waals surface area contributed by atoms with Gasteiger partial charge in [-0.15, -0.1) is 11.3 Å². The minimum atomic E-state index is 0.819. The Bertz CT molecular complexity index is 4040. The van der Waals surface area contributed by atoms with Crippen molar-refractivity contribution in [3.05, 3.63) is 328 Å². The number of methoxy groups -OCH3 is 1. The number of hydrogen-bond acceptors (Lipinski definition) is 4. The number of nitrogens with zero attached hydrogens (tertiary/aromatic N) is 2. The zero-order valence-corrected chi connectivity index (χ0v) is 44.9. The van der Waals surface area contributed by atoms with Gasteiger partial charge in [0.25, 0.3) is 0 Å². The molecule has 0 fully saturated rings. The molecule has 0 aliphatic carbocycles. The third-order valence-corrected chi connectivity index (χ3v) is 15.8. The molecule has 0 radical (unpaired) electrons. The fourth-order valence-corrected chi connectivity index (χ4v) is 11.7. The molecule has 0 atom stereocenters. The predicted octanol–water partition coefficient (Wildman–Crippen LogP) is 19.3. The Kier molecular flexibility index (Phi) is 13.9. The van der Waals surface area contributed by atoms with Crippen LogP contribution in [0.4, 0.5) is 0 Å². The molecule has 12 aromatic rings. The number of thiophene rings is 1. The van der Waals surface area contributed by atoms with Gasteiger partial charge in [0.1, 0.15) is 16.8 Å². The van der Waals surface area contributed by atoms with E-state index in [9.17, 15) is 0 Å². The fraction of sp³-hybridized carbons (Fsp3) is 0.0541. The maximum absolute atomic E-state index is 5.69. The normalized spacial score (nSPS) is 11.5. The maximum atomic E-state index is 5.69. The van der Waals surface area contributed by atoms with Crippen molar-refractivity contribution in [2.75, 3.05) is 7.11 Å². The summed E-state index contributed by atoms with van der Waals surface area (Å²) in [6.45, 7) is 6.43. The van der Waals surface area contributed by atoms with Crippen molar-refractivity contribution < 1.29 is 4.74 Å². The van der Waals surface area contributed by atoms with Gasteiger partial charge in [0.15, 0.2) is 0 Å². The third kappa shape index (κ3) is 10.1. The molecule has 0 saturated carbocycles. The van der Waals surface area contributed by atoms with Crippen molar-refractivity contribution in [1.29, 1.82) is 0 Å². The summed E-state index contributed by atoms with van der Waals surface area (Å²) in [5.41, 5.74) is 25.0. The lowest BCUT2D eigenvalue weighted by atomic mass is 9.85. The second-order valence-electron chi connectivity index (χ2n) is 19.8. The number of aryl methyl sites for hydroxylation is 3. The number of benzene rings is 10. The van der Waals surface area contributed by atoms with E-state index in [2.05, 4.69) is 276 Å². The van der Waals surface area contributed by atoms with Gasteiger partial charge in [0.05, 0.1) is 28.3 Å². The highest BCUT2D eigenvalue weighted by Crippen LogP contribution is 2.47. The average Bonchev–Trinajstić information content (AvgIpc) is 4.07. The van der Waals surface area contributed by atoms with E-state index in [-0.39, 0.29) is 0 Å². The Balaban J connectivity index is 1.06. The Morgan fingerprint density at radius 2 is 0.538 bits per heavy atom. The summed E-state index contributed by atoms with van der Waals surface area (Å²) >= 11 is 1.75. The van der Waals surface area contributed by atoms with Crippen molar-refractivity contribution in [3.8, 4) is 49.1 Å². The second kappa shape index (κ2) is 22.0. The minimum absolute atomic E-state index is 0.819. The largest absolute Gasteiger partial charge is 0.497 e. The molecule has 0 N–H and O–H groups in total. The molecule has 374 valence electrons. The van der Waals surface area contributed by atoms with Crippen molar-refractivity contribution in [3.63, 3.8) is 0 Å². The Morgan fingerprint density at radius 1 is 0.282 bits per heavy atom. The van der Waals surface area contributed by atoms with Crippen LogP contribution < -0.4 is 4.74 Å². The molecule has 12 rings (SSSR count). The van der Waals surface area contributed by atoms with Gasteiger partial charge in [0.2, 0.25) is 0 Å². The molecule has 0 aliphatic heterocycles. The van der Waals surface area contributed by atoms with Crippen molar-refractivity contribution in [2.45, 2.75) is 20.8 Å². The summed E-state index contributed by atoms with van der Waals surface area (Å²) in [6, 6.07) is 95.8. The van der Waals surface area contributed by atoms with Crippen LogP contribution >= 0.6 is 11.3 Å². The molecule has 10 aromatic carbocycles. The van der Waals surface area contributed by atoms with Crippen LogP contribution in [-0.4, -0.2) is 17.1 Å². The summed E-state index contributed by atoms with van der Waals surface area (Å²) in [4.78, 5) is 13.5. The van der Waals surface area contributed by atoms with E-state index in [0.717, 1.165) is 105 Å².